The van der Waals surface area contributed by atoms with Gasteiger partial charge < -0.3 is 9.88 Å². The highest BCUT2D eigenvalue weighted by Crippen LogP contribution is 2.24. The lowest BCUT2D eigenvalue weighted by Crippen LogP contribution is -2.37. The minimum Gasteiger partial charge on any atom is -0.353 e. The molecule has 0 atom stereocenters. The molecule has 2 aromatic rings. The van der Waals surface area contributed by atoms with Crippen LogP contribution in [0, 0.1) is 5.92 Å². The molecule has 1 fully saturated rings. The Bertz CT molecular complexity index is 973. The van der Waals surface area contributed by atoms with Gasteiger partial charge in [-0.15, -0.1) is 0 Å². The quantitative estimate of drug-likeness (QED) is 0.746. The molecular weight excluding hydrogens is 388 g/mol. The second kappa shape index (κ2) is 8.83. The van der Waals surface area contributed by atoms with E-state index in [4.69, 9.17) is 0 Å². The van der Waals surface area contributed by atoms with Gasteiger partial charge in [0.2, 0.25) is 15.9 Å². The normalized spacial score (nSPS) is 20.3. The summed E-state index contributed by atoms with van der Waals surface area (Å²) in [7, 11) is -0.475. The lowest BCUT2D eigenvalue weighted by molar-refractivity contribution is -0.122. The fourth-order valence-electron chi connectivity index (χ4n) is 4.00. The first-order valence-corrected chi connectivity index (χ1v) is 11.9. The maximum Gasteiger partial charge on any atom is 0.242 e. The Kier molecular flexibility index (Phi) is 6.63. The highest BCUT2D eigenvalue weighted by molar-refractivity contribution is 7.89. The topological polar surface area (TPSA) is 84.3 Å². The third kappa shape index (κ3) is 4.80. The fraction of sp³-hybridized carbons (Fsp3) is 0.619. The van der Waals surface area contributed by atoms with Crippen molar-refractivity contribution in [1.29, 1.82) is 0 Å². The van der Waals surface area contributed by atoms with E-state index in [0.29, 0.717) is 30.9 Å². The van der Waals surface area contributed by atoms with Gasteiger partial charge in [0.1, 0.15) is 5.82 Å². The van der Waals surface area contributed by atoms with Crippen LogP contribution in [-0.2, 0) is 27.8 Å². The largest absolute Gasteiger partial charge is 0.353 e. The maximum atomic E-state index is 12.4. The van der Waals surface area contributed by atoms with Crippen LogP contribution in [0.4, 0.5) is 0 Å². The number of benzene rings is 1. The van der Waals surface area contributed by atoms with Crippen LogP contribution in [0.5, 0.6) is 0 Å². The van der Waals surface area contributed by atoms with Crippen LogP contribution in [0.1, 0.15) is 51.8 Å². The summed E-state index contributed by atoms with van der Waals surface area (Å²) in [5.41, 5.74) is 1.54. The number of aromatic nitrogens is 2. The Hall–Kier alpha value is -1.93. The molecule has 1 amide bonds. The molecular formula is C21H32N4O3S. The predicted octanol–water partition coefficient (Wildman–Crippen LogP) is 2.93. The molecule has 1 N–H and O–H groups in total. The zero-order valence-electron chi connectivity index (χ0n) is 17.8. The van der Waals surface area contributed by atoms with Gasteiger partial charge >= 0.3 is 0 Å². The molecule has 1 aromatic carbocycles. The van der Waals surface area contributed by atoms with Crippen molar-refractivity contribution in [1.82, 2.24) is 19.2 Å². The summed E-state index contributed by atoms with van der Waals surface area (Å²) in [6, 6.07) is 5.33. The number of carbonyl (C=O) groups excluding carboxylic acids is 1. The molecule has 160 valence electrons. The van der Waals surface area contributed by atoms with E-state index in [1.807, 2.05) is 6.92 Å². The van der Waals surface area contributed by atoms with Crippen LogP contribution in [0.25, 0.3) is 11.0 Å². The van der Waals surface area contributed by atoms with Gasteiger partial charge in [0, 0.05) is 39.5 Å². The summed E-state index contributed by atoms with van der Waals surface area (Å²) >= 11 is 0. The molecule has 3 rings (SSSR count). The van der Waals surface area contributed by atoms with Crippen LogP contribution in [-0.4, -0.2) is 48.3 Å². The Balaban J connectivity index is 1.72. The van der Waals surface area contributed by atoms with E-state index >= 15 is 0 Å². The van der Waals surface area contributed by atoms with E-state index in [1.165, 1.54) is 31.2 Å². The number of rotatable bonds is 7. The fourth-order valence-corrected chi connectivity index (χ4v) is 4.93. The van der Waals surface area contributed by atoms with Gasteiger partial charge in [-0.25, -0.2) is 17.7 Å². The highest BCUT2D eigenvalue weighted by Gasteiger charge is 2.21. The number of imidazole rings is 1. The number of hydrogen-bond acceptors (Lipinski definition) is 4. The molecule has 7 nitrogen and oxygen atoms in total. The van der Waals surface area contributed by atoms with Gasteiger partial charge in [0.15, 0.2) is 0 Å². The molecule has 1 saturated carbocycles. The van der Waals surface area contributed by atoms with E-state index in [2.05, 4.69) is 21.8 Å². The van der Waals surface area contributed by atoms with Gasteiger partial charge in [-0.1, -0.05) is 6.92 Å². The minimum absolute atomic E-state index is 0.0649. The SMILES string of the molecule is CCn1c(CCC(=O)NC2CCC(C)CC2)nc2cc(S(=O)(=O)N(C)C)ccc21. The number of carbonyl (C=O) groups is 1. The van der Waals surface area contributed by atoms with Crippen molar-refractivity contribution in [2.75, 3.05) is 14.1 Å². The number of sulfonamides is 1. The smallest absolute Gasteiger partial charge is 0.242 e. The van der Waals surface area contributed by atoms with Crippen molar-refractivity contribution in [3.05, 3.63) is 24.0 Å². The molecule has 8 heteroatoms. The Morgan fingerprint density at radius 3 is 2.55 bits per heavy atom. The predicted molar refractivity (Wildman–Crippen MR) is 114 cm³/mol. The van der Waals surface area contributed by atoms with Crippen molar-refractivity contribution < 1.29 is 13.2 Å². The summed E-state index contributed by atoms with van der Waals surface area (Å²) in [5, 5.41) is 3.16. The van der Waals surface area contributed by atoms with E-state index < -0.39 is 10.0 Å². The molecule has 0 bridgehead atoms. The van der Waals surface area contributed by atoms with Crippen LogP contribution in [0.2, 0.25) is 0 Å². The third-order valence-electron chi connectivity index (χ3n) is 5.85. The van der Waals surface area contributed by atoms with Gasteiger partial charge in [0.05, 0.1) is 15.9 Å². The first-order valence-electron chi connectivity index (χ1n) is 10.4. The number of nitrogens with zero attached hydrogens (tertiary/aromatic N) is 3. The molecule has 1 aromatic heterocycles. The Labute approximate surface area is 173 Å². The number of hydrogen-bond donors (Lipinski definition) is 1. The van der Waals surface area contributed by atoms with Gasteiger partial charge in [-0.05, 0) is 56.7 Å². The molecule has 29 heavy (non-hydrogen) atoms. The van der Waals surface area contributed by atoms with E-state index in [9.17, 15) is 13.2 Å². The first kappa shape index (κ1) is 21.8. The summed E-state index contributed by atoms with van der Waals surface area (Å²) < 4.78 is 28.0. The summed E-state index contributed by atoms with van der Waals surface area (Å²) in [5.74, 6) is 1.64. The molecule has 1 aliphatic rings. The minimum atomic E-state index is -3.50. The monoisotopic (exact) mass is 420 g/mol. The molecule has 0 spiro atoms. The zero-order valence-corrected chi connectivity index (χ0v) is 18.6. The van der Waals surface area contributed by atoms with Gasteiger partial charge in [-0.2, -0.15) is 0 Å². The average molecular weight is 421 g/mol. The number of amides is 1. The van der Waals surface area contributed by atoms with Gasteiger partial charge in [-0.3, -0.25) is 4.79 Å². The van der Waals surface area contributed by atoms with Crippen molar-refractivity contribution in [3.8, 4) is 0 Å². The standard InChI is InChI=1S/C21H32N4O3S/c1-5-25-19-11-10-17(29(27,28)24(3)4)14-18(19)23-20(25)12-13-21(26)22-16-8-6-15(2)7-9-16/h10-11,14-16H,5-9,12-13H2,1-4H3,(H,22,26). The molecule has 0 radical (unpaired) electrons. The summed E-state index contributed by atoms with van der Waals surface area (Å²) in [6.07, 6.45) is 5.39. The lowest BCUT2D eigenvalue weighted by atomic mass is 9.87. The average Bonchev–Trinajstić information content (AvgIpc) is 3.04. The molecule has 1 heterocycles. The summed E-state index contributed by atoms with van der Waals surface area (Å²) in [4.78, 5) is 17.3. The molecule has 0 saturated heterocycles. The van der Waals surface area contributed by atoms with Crippen molar-refractivity contribution in [2.24, 2.45) is 5.92 Å². The van der Waals surface area contributed by atoms with Crippen molar-refractivity contribution >= 4 is 27.0 Å². The van der Waals surface area contributed by atoms with Gasteiger partial charge in [0.25, 0.3) is 0 Å². The maximum absolute atomic E-state index is 12.4. The van der Waals surface area contributed by atoms with E-state index in [-0.39, 0.29) is 10.8 Å². The number of aryl methyl sites for hydroxylation is 2. The number of nitrogens with one attached hydrogen (secondary N) is 1. The molecule has 0 unspecified atom stereocenters. The van der Waals surface area contributed by atoms with Crippen LogP contribution >= 0.6 is 0 Å². The highest BCUT2D eigenvalue weighted by atomic mass is 32.2. The Morgan fingerprint density at radius 1 is 1.24 bits per heavy atom. The summed E-state index contributed by atoms with van der Waals surface area (Å²) in [6.45, 7) is 5.01. The second-order valence-electron chi connectivity index (χ2n) is 8.23. The first-order chi connectivity index (χ1) is 13.7. The zero-order chi connectivity index (χ0) is 21.2. The van der Waals surface area contributed by atoms with Crippen LogP contribution in [0.3, 0.4) is 0 Å². The molecule has 0 aliphatic heterocycles. The lowest BCUT2D eigenvalue weighted by Gasteiger charge is -2.26. The van der Waals surface area contributed by atoms with Crippen molar-refractivity contribution in [3.63, 3.8) is 0 Å². The van der Waals surface area contributed by atoms with E-state index in [1.54, 1.807) is 18.2 Å². The van der Waals surface area contributed by atoms with Crippen molar-refractivity contribution in [2.45, 2.75) is 69.9 Å². The Morgan fingerprint density at radius 2 is 1.93 bits per heavy atom. The second-order valence-corrected chi connectivity index (χ2v) is 10.4. The van der Waals surface area contributed by atoms with Crippen LogP contribution < -0.4 is 5.32 Å². The van der Waals surface area contributed by atoms with E-state index in [0.717, 1.165) is 30.1 Å². The number of fused-ring (bicyclic) bond motifs is 1. The molecule has 1 aliphatic carbocycles. The third-order valence-corrected chi connectivity index (χ3v) is 7.66. The van der Waals surface area contributed by atoms with Crippen LogP contribution in [0.15, 0.2) is 23.1 Å².